The van der Waals surface area contributed by atoms with Gasteiger partial charge < -0.3 is 9.73 Å². The molecule has 0 atom stereocenters. The highest BCUT2D eigenvalue weighted by Crippen LogP contribution is 2.10. The van der Waals surface area contributed by atoms with Gasteiger partial charge in [0, 0.05) is 17.8 Å². The molecule has 0 spiro atoms. The van der Waals surface area contributed by atoms with Gasteiger partial charge in [-0.25, -0.2) is 4.98 Å². The maximum atomic E-state index is 5.50. The molecule has 5 heteroatoms. The van der Waals surface area contributed by atoms with E-state index >= 15 is 0 Å². The van der Waals surface area contributed by atoms with Crippen LogP contribution in [0.2, 0.25) is 0 Å². The van der Waals surface area contributed by atoms with Crippen molar-refractivity contribution >= 4 is 0 Å². The third-order valence-electron chi connectivity index (χ3n) is 2.93. The third-order valence-corrected chi connectivity index (χ3v) is 2.93. The van der Waals surface area contributed by atoms with Gasteiger partial charge >= 0.3 is 0 Å². The number of hydrogen-bond donors (Lipinski definition) is 2. The summed E-state index contributed by atoms with van der Waals surface area (Å²) in [6.07, 6.45) is 0. The Morgan fingerprint density at radius 1 is 1.12 bits per heavy atom. The first-order valence-electron chi connectivity index (χ1n) is 5.72. The summed E-state index contributed by atoms with van der Waals surface area (Å²) in [6, 6.07) is 0. The van der Waals surface area contributed by atoms with Gasteiger partial charge in [0.1, 0.15) is 5.76 Å². The van der Waals surface area contributed by atoms with Crippen LogP contribution in [0.4, 0.5) is 0 Å². The summed E-state index contributed by atoms with van der Waals surface area (Å²) in [5.74, 6) is 1.62. The minimum Gasteiger partial charge on any atom is -0.444 e. The van der Waals surface area contributed by atoms with Gasteiger partial charge in [0.25, 0.3) is 0 Å². The maximum absolute atomic E-state index is 5.50. The van der Waals surface area contributed by atoms with Crippen molar-refractivity contribution in [3.8, 4) is 0 Å². The number of aromatic amines is 1. The molecule has 2 N–H and O–H groups in total. The standard InChI is InChI=1S/C12H18N4O/c1-7-10(4)17-12(14-7)6-13-5-11-8(2)15-16-9(11)3/h13H,5-6H2,1-4H3,(H,15,16). The van der Waals surface area contributed by atoms with Crippen molar-refractivity contribution in [1.29, 1.82) is 0 Å². The zero-order chi connectivity index (χ0) is 12.4. The number of hydrogen-bond acceptors (Lipinski definition) is 4. The minimum atomic E-state index is 0.638. The zero-order valence-electron chi connectivity index (χ0n) is 10.7. The quantitative estimate of drug-likeness (QED) is 0.848. The van der Waals surface area contributed by atoms with E-state index in [0.29, 0.717) is 6.54 Å². The lowest BCUT2D eigenvalue weighted by molar-refractivity contribution is 0.448. The van der Waals surface area contributed by atoms with Gasteiger partial charge in [0.05, 0.1) is 17.9 Å². The fourth-order valence-corrected chi connectivity index (χ4v) is 1.74. The number of nitrogens with zero attached hydrogens (tertiary/aromatic N) is 2. The molecule has 92 valence electrons. The smallest absolute Gasteiger partial charge is 0.208 e. The lowest BCUT2D eigenvalue weighted by Crippen LogP contribution is -2.14. The van der Waals surface area contributed by atoms with Crippen LogP contribution in [-0.4, -0.2) is 15.2 Å². The molecule has 0 amide bonds. The molecule has 0 radical (unpaired) electrons. The normalized spacial score (nSPS) is 11.1. The van der Waals surface area contributed by atoms with E-state index in [9.17, 15) is 0 Å². The van der Waals surface area contributed by atoms with Crippen LogP contribution in [0, 0.1) is 27.7 Å². The zero-order valence-corrected chi connectivity index (χ0v) is 10.7. The number of nitrogens with one attached hydrogen (secondary N) is 2. The van der Waals surface area contributed by atoms with E-state index in [1.807, 2.05) is 27.7 Å². The molecule has 2 rings (SSSR count). The summed E-state index contributed by atoms with van der Waals surface area (Å²) in [5, 5.41) is 10.4. The van der Waals surface area contributed by atoms with E-state index in [2.05, 4.69) is 20.5 Å². The molecule has 2 aromatic heterocycles. The monoisotopic (exact) mass is 234 g/mol. The van der Waals surface area contributed by atoms with E-state index in [0.717, 1.165) is 35.3 Å². The predicted molar refractivity (Wildman–Crippen MR) is 64.6 cm³/mol. The Morgan fingerprint density at radius 2 is 1.88 bits per heavy atom. The van der Waals surface area contributed by atoms with Crippen molar-refractivity contribution in [3.63, 3.8) is 0 Å². The van der Waals surface area contributed by atoms with E-state index < -0.39 is 0 Å². The Hall–Kier alpha value is -1.62. The largest absolute Gasteiger partial charge is 0.444 e. The van der Waals surface area contributed by atoms with Gasteiger partial charge in [-0.2, -0.15) is 5.10 Å². The average Bonchev–Trinajstić information content (AvgIpc) is 2.75. The lowest BCUT2D eigenvalue weighted by Gasteiger charge is -2.02. The lowest BCUT2D eigenvalue weighted by atomic mass is 10.2. The fourth-order valence-electron chi connectivity index (χ4n) is 1.74. The number of rotatable bonds is 4. The van der Waals surface area contributed by atoms with Crippen molar-refractivity contribution in [1.82, 2.24) is 20.5 Å². The summed E-state index contributed by atoms with van der Waals surface area (Å²) in [6.45, 7) is 9.31. The van der Waals surface area contributed by atoms with Gasteiger partial charge in [-0.05, 0) is 27.7 Å². The number of oxazole rings is 1. The fraction of sp³-hybridized carbons (Fsp3) is 0.500. The van der Waals surface area contributed by atoms with Gasteiger partial charge in [0.2, 0.25) is 5.89 Å². The topological polar surface area (TPSA) is 66.7 Å². The van der Waals surface area contributed by atoms with Crippen LogP contribution >= 0.6 is 0 Å². The van der Waals surface area contributed by atoms with Crippen molar-refractivity contribution in [2.24, 2.45) is 0 Å². The van der Waals surface area contributed by atoms with Crippen molar-refractivity contribution in [2.45, 2.75) is 40.8 Å². The molecule has 0 saturated carbocycles. The Balaban J connectivity index is 1.92. The highest BCUT2D eigenvalue weighted by atomic mass is 16.4. The van der Waals surface area contributed by atoms with Crippen molar-refractivity contribution in [3.05, 3.63) is 34.3 Å². The molecule has 0 aliphatic heterocycles. The first kappa shape index (κ1) is 11.9. The molecule has 0 bridgehead atoms. The van der Waals surface area contributed by atoms with Gasteiger partial charge in [-0.1, -0.05) is 0 Å². The summed E-state index contributed by atoms with van der Waals surface area (Å²) in [4.78, 5) is 4.32. The number of H-pyrrole nitrogens is 1. The Morgan fingerprint density at radius 3 is 2.41 bits per heavy atom. The number of aryl methyl sites for hydroxylation is 4. The summed E-state index contributed by atoms with van der Waals surface area (Å²) >= 11 is 0. The third kappa shape index (κ3) is 2.55. The second-order valence-corrected chi connectivity index (χ2v) is 4.27. The highest BCUT2D eigenvalue weighted by molar-refractivity contribution is 5.22. The molecule has 0 saturated heterocycles. The van der Waals surface area contributed by atoms with Crippen LogP contribution in [-0.2, 0) is 13.1 Å². The molecule has 0 aliphatic rings. The molecule has 5 nitrogen and oxygen atoms in total. The van der Waals surface area contributed by atoms with Crippen LogP contribution in [0.1, 0.15) is 34.3 Å². The molecule has 17 heavy (non-hydrogen) atoms. The van der Waals surface area contributed by atoms with Gasteiger partial charge in [-0.3, -0.25) is 5.10 Å². The van der Waals surface area contributed by atoms with E-state index in [1.165, 1.54) is 5.56 Å². The molecular weight excluding hydrogens is 216 g/mol. The highest BCUT2D eigenvalue weighted by Gasteiger charge is 2.08. The summed E-state index contributed by atoms with van der Waals surface area (Å²) in [7, 11) is 0. The molecular formula is C12H18N4O. The average molecular weight is 234 g/mol. The maximum Gasteiger partial charge on any atom is 0.208 e. The van der Waals surface area contributed by atoms with Crippen LogP contribution in [0.15, 0.2) is 4.42 Å². The summed E-state index contributed by atoms with van der Waals surface area (Å²) in [5.41, 5.74) is 4.31. The van der Waals surface area contributed by atoms with E-state index in [1.54, 1.807) is 0 Å². The second kappa shape index (κ2) is 4.71. The molecule has 0 fully saturated rings. The molecule has 2 aromatic rings. The Bertz CT molecular complexity index is 474. The van der Waals surface area contributed by atoms with Crippen molar-refractivity contribution in [2.75, 3.05) is 0 Å². The Labute approximate surface area is 101 Å². The van der Waals surface area contributed by atoms with Gasteiger partial charge in [0.15, 0.2) is 0 Å². The van der Waals surface area contributed by atoms with Crippen LogP contribution in [0.25, 0.3) is 0 Å². The first-order chi connectivity index (χ1) is 8.08. The molecule has 0 unspecified atom stereocenters. The summed E-state index contributed by atoms with van der Waals surface area (Å²) < 4.78 is 5.50. The van der Waals surface area contributed by atoms with Crippen LogP contribution < -0.4 is 5.32 Å². The molecule has 0 aliphatic carbocycles. The van der Waals surface area contributed by atoms with Gasteiger partial charge in [-0.15, -0.1) is 0 Å². The van der Waals surface area contributed by atoms with Crippen molar-refractivity contribution < 1.29 is 4.42 Å². The Kier molecular flexibility index (Phi) is 3.28. The first-order valence-corrected chi connectivity index (χ1v) is 5.72. The predicted octanol–water partition coefficient (Wildman–Crippen LogP) is 1.92. The molecule has 2 heterocycles. The van der Waals surface area contributed by atoms with E-state index in [4.69, 9.17) is 4.42 Å². The van der Waals surface area contributed by atoms with E-state index in [-0.39, 0.29) is 0 Å². The minimum absolute atomic E-state index is 0.638. The van der Waals surface area contributed by atoms with Crippen LogP contribution in [0.3, 0.4) is 0 Å². The molecule has 0 aromatic carbocycles. The second-order valence-electron chi connectivity index (χ2n) is 4.27. The number of aromatic nitrogens is 3. The van der Waals surface area contributed by atoms with Crippen LogP contribution in [0.5, 0.6) is 0 Å². The SMILES string of the molecule is Cc1nc(CNCc2c(C)n[nH]c2C)oc1C.